The maximum atomic E-state index is 14.0. The molecule has 2 aliphatic rings. The van der Waals surface area contributed by atoms with Gasteiger partial charge in [0.15, 0.2) is 11.9 Å². The summed E-state index contributed by atoms with van der Waals surface area (Å²) in [7, 11) is 3.44. The number of halogens is 3. The molecule has 0 radical (unpaired) electrons. The van der Waals surface area contributed by atoms with Crippen molar-refractivity contribution < 1.29 is 27.8 Å². The topological polar surface area (TPSA) is 85.4 Å². The molecule has 0 saturated carbocycles. The number of aryl methyl sites for hydroxylation is 2. The van der Waals surface area contributed by atoms with Crippen molar-refractivity contribution in [3.63, 3.8) is 0 Å². The minimum atomic E-state index is -4.86. The molecule has 6 rings (SSSR count). The lowest BCUT2D eigenvalue weighted by molar-refractivity contribution is -0.232. The van der Waals surface area contributed by atoms with Crippen LogP contribution in [0.2, 0.25) is 0 Å². The van der Waals surface area contributed by atoms with E-state index in [2.05, 4.69) is 5.10 Å². The number of benzene rings is 1. The summed E-state index contributed by atoms with van der Waals surface area (Å²) in [6.07, 6.45) is -4.70. The number of aliphatic hydroxyl groups excluding tert-OH is 1. The molecule has 1 aromatic carbocycles. The highest BCUT2D eigenvalue weighted by Gasteiger charge is 2.56. The Morgan fingerprint density at radius 1 is 1.23 bits per heavy atom. The largest absolute Gasteiger partial charge is 0.496 e. The van der Waals surface area contributed by atoms with Crippen molar-refractivity contribution in [3.8, 4) is 38.8 Å². The fraction of sp³-hybridized carbons (Fsp3) is 0.393. The maximum Gasteiger partial charge on any atom is 0.416 e. The molecule has 3 aromatic heterocycles. The third kappa shape index (κ3) is 4.12. The van der Waals surface area contributed by atoms with E-state index < -0.39 is 23.7 Å². The summed E-state index contributed by atoms with van der Waals surface area (Å²) in [5.41, 5.74) is 2.92. The highest BCUT2D eigenvalue weighted by molar-refractivity contribution is 7.13. The van der Waals surface area contributed by atoms with Crippen LogP contribution < -0.4 is 4.74 Å². The smallest absolute Gasteiger partial charge is 0.416 e. The van der Waals surface area contributed by atoms with Gasteiger partial charge in [-0.05, 0) is 61.4 Å². The SMILES string of the molecule is COc1cc2c(cc1-c1ccn(C)n1)-c1c(-c3cccs3)nc(C(=O)N3CCC[C@@]3(C)[C@@H](O)C(F)(F)F)n1CC2. The first-order valence-corrected chi connectivity index (χ1v) is 13.8. The van der Waals surface area contributed by atoms with Crippen molar-refractivity contribution in [2.24, 2.45) is 7.05 Å². The van der Waals surface area contributed by atoms with Crippen molar-refractivity contribution in [2.45, 2.75) is 50.6 Å². The standard InChI is InChI=1S/C28H28F3N5O3S/c1-27(26(38)28(29,30)31)9-5-10-36(27)25(37)24-32-22(21-6-4-13-40-21)23-17-15-18(19-8-11-34(2)33-19)20(39-3)14-16(17)7-12-35(23)24/h4,6,8,11,13-15,26,38H,5,7,9-10,12H2,1-3H3/t26-,27+/m1/s1. The van der Waals surface area contributed by atoms with Crippen LogP contribution in [0.5, 0.6) is 5.75 Å². The predicted molar refractivity (Wildman–Crippen MR) is 144 cm³/mol. The number of alkyl halides is 3. The normalized spacial score (nSPS) is 19.4. The van der Waals surface area contributed by atoms with Gasteiger partial charge in [-0.2, -0.15) is 18.3 Å². The fourth-order valence-electron chi connectivity index (χ4n) is 5.98. The van der Waals surface area contributed by atoms with Crippen LogP contribution >= 0.6 is 11.3 Å². The first kappa shape index (κ1) is 26.6. The van der Waals surface area contributed by atoms with Gasteiger partial charge in [-0.1, -0.05) is 6.07 Å². The zero-order chi connectivity index (χ0) is 28.4. The van der Waals surface area contributed by atoms with E-state index in [4.69, 9.17) is 9.72 Å². The number of aliphatic hydroxyl groups is 1. The summed E-state index contributed by atoms with van der Waals surface area (Å²) < 4.78 is 50.1. The quantitative estimate of drug-likeness (QED) is 0.358. The molecule has 12 heteroatoms. The molecule has 210 valence electrons. The number of methoxy groups -OCH3 is 1. The van der Waals surface area contributed by atoms with Gasteiger partial charge in [-0.3, -0.25) is 9.48 Å². The zero-order valence-corrected chi connectivity index (χ0v) is 23.0. The number of thiophene rings is 1. The summed E-state index contributed by atoms with van der Waals surface area (Å²) in [5, 5.41) is 16.7. The molecule has 2 atom stereocenters. The van der Waals surface area contributed by atoms with Gasteiger partial charge in [0.1, 0.15) is 11.4 Å². The number of hydrogen-bond acceptors (Lipinski definition) is 6. The molecule has 1 amide bonds. The molecule has 40 heavy (non-hydrogen) atoms. The first-order chi connectivity index (χ1) is 19.0. The summed E-state index contributed by atoms with van der Waals surface area (Å²) >= 11 is 1.47. The third-order valence-electron chi connectivity index (χ3n) is 8.01. The molecule has 5 heterocycles. The van der Waals surface area contributed by atoms with E-state index in [-0.39, 0.29) is 18.8 Å². The maximum absolute atomic E-state index is 14.0. The second-order valence-corrected chi connectivity index (χ2v) is 11.4. The summed E-state index contributed by atoms with van der Waals surface area (Å²) in [6.45, 7) is 1.83. The van der Waals surface area contributed by atoms with Crippen molar-refractivity contribution in [1.29, 1.82) is 0 Å². The average Bonchev–Trinajstić information content (AvgIpc) is 3.72. The van der Waals surface area contributed by atoms with E-state index in [1.165, 1.54) is 18.3 Å². The number of likely N-dealkylation sites (tertiary alicyclic amines) is 1. The molecule has 1 saturated heterocycles. The van der Waals surface area contributed by atoms with Crippen LogP contribution in [0, 0.1) is 0 Å². The number of imidazole rings is 1. The fourth-order valence-corrected chi connectivity index (χ4v) is 6.69. The van der Waals surface area contributed by atoms with Gasteiger partial charge in [0, 0.05) is 37.5 Å². The number of ether oxygens (including phenoxy) is 1. The van der Waals surface area contributed by atoms with Crippen LogP contribution in [0.15, 0.2) is 41.9 Å². The summed E-state index contributed by atoms with van der Waals surface area (Å²) in [4.78, 5) is 20.8. The number of hydrogen-bond donors (Lipinski definition) is 1. The highest BCUT2D eigenvalue weighted by Crippen LogP contribution is 2.45. The molecule has 0 spiro atoms. The van der Waals surface area contributed by atoms with Gasteiger partial charge in [-0.15, -0.1) is 11.3 Å². The van der Waals surface area contributed by atoms with Gasteiger partial charge >= 0.3 is 6.18 Å². The van der Waals surface area contributed by atoms with Crippen LogP contribution in [-0.4, -0.2) is 66.7 Å². The van der Waals surface area contributed by atoms with Crippen molar-refractivity contribution in [3.05, 3.63) is 53.3 Å². The van der Waals surface area contributed by atoms with Gasteiger partial charge in [-0.25, -0.2) is 4.98 Å². The lowest BCUT2D eigenvalue weighted by atomic mass is 9.91. The second kappa shape index (κ2) is 9.48. The lowest BCUT2D eigenvalue weighted by Gasteiger charge is -2.39. The number of carbonyl (C=O) groups is 1. The molecule has 8 nitrogen and oxygen atoms in total. The highest BCUT2D eigenvalue weighted by atomic mass is 32.1. The van der Waals surface area contributed by atoms with Gasteiger partial charge in [0.25, 0.3) is 5.91 Å². The van der Waals surface area contributed by atoms with E-state index >= 15 is 0 Å². The van der Waals surface area contributed by atoms with E-state index in [9.17, 15) is 23.1 Å². The zero-order valence-electron chi connectivity index (χ0n) is 22.2. The van der Waals surface area contributed by atoms with Gasteiger partial charge in [0.2, 0.25) is 0 Å². The Labute approximate surface area is 232 Å². The Kier molecular flexibility index (Phi) is 6.30. The minimum Gasteiger partial charge on any atom is -0.496 e. The minimum absolute atomic E-state index is 0.0425. The molecular formula is C28H28F3N5O3S. The van der Waals surface area contributed by atoms with Gasteiger partial charge < -0.3 is 19.3 Å². The predicted octanol–water partition coefficient (Wildman–Crippen LogP) is 5.16. The number of nitrogens with zero attached hydrogens (tertiary/aromatic N) is 5. The first-order valence-electron chi connectivity index (χ1n) is 13.0. The van der Waals surface area contributed by atoms with E-state index in [1.807, 2.05) is 53.5 Å². The molecule has 2 aliphatic heterocycles. The number of fused-ring (bicyclic) bond motifs is 3. The average molecular weight is 572 g/mol. The second-order valence-electron chi connectivity index (χ2n) is 10.5. The number of aromatic nitrogens is 4. The van der Waals surface area contributed by atoms with E-state index in [1.54, 1.807) is 11.8 Å². The molecule has 4 aromatic rings. The summed E-state index contributed by atoms with van der Waals surface area (Å²) in [6, 6.07) is 9.66. The van der Waals surface area contributed by atoms with Crippen molar-refractivity contribution >= 4 is 17.2 Å². The molecule has 1 N–H and O–H groups in total. The van der Waals surface area contributed by atoms with Crippen LogP contribution in [0.1, 0.15) is 35.9 Å². The number of amides is 1. The van der Waals surface area contributed by atoms with E-state index in [0.29, 0.717) is 30.8 Å². The molecule has 0 bridgehead atoms. The Hall–Kier alpha value is -3.64. The Morgan fingerprint density at radius 2 is 2.02 bits per heavy atom. The molecule has 1 fully saturated rings. The van der Waals surface area contributed by atoms with E-state index in [0.717, 1.165) is 37.9 Å². The van der Waals surface area contributed by atoms with Crippen LogP contribution in [0.25, 0.3) is 33.1 Å². The van der Waals surface area contributed by atoms with Crippen molar-refractivity contribution in [2.75, 3.05) is 13.7 Å². The van der Waals surface area contributed by atoms with Crippen LogP contribution in [0.3, 0.4) is 0 Å². The number of carbonyl (C=O) groups excluding carboxylic acids is 1. The van der Waals surface area contributed by atoms with Crippen LogP contribution in [-0.2, 0) is 20.0 Å². The lowest BCUT2D eigenvalue weighted by Crippen LogP contribution is -2.58. The monoisotopic (exact) mass is 571 g/mol. The van der Waals surface area contributed by atoms with Crippen LogP contribution in [0.4, 0.5) is 13.2 Å². The Balaban J connectivity index is 1.52. The third-order valence-corrected chi connectivity index (χ3v) is 8.89. The van der Waals surface area contributed by atoms with Gasteiger partial charge in [0.05, 0.1) is 28.9 Å². The number of rotatable bonds is 5. The Morgan fingerprint density at radius 3 is 2.67 bits per heavy atom. The molecule has 0 unspecified atom stereocenters. The summed E-state index contributed by atoms with van der Waals surface area (Å²) in [5.74, 6) is 0.129. The Bertz CT molecular complexity index is 1590. The molecule has 0 aliphatic carbocycles. The van der Waals surface area contributed by atoms with Crippen molar-refractivity contribution in [1.82, 2.24) is 24.2 Å². The molecular weight excluding hydrogens is 543 g/mol.